The van der Waals surface area contributed by atoms with Crippen molar-refractivity contribution in [2.45, 2.75) is 32.7 Å². The Morgan fingerprint density at radius 3 is 2.85 bits per heavy atom. The molecule has 1 unspecified atom stereocenters. The Bertz CT molecular complexity index is 437. The maximum Gasteiger partial charge on any atom is 0.305 e. The Kier molecular flexibility index (Phi) is 7.01. The van der Waals surface area contributed by atoms with Gasteiger partial charge in [-0.25, -0.2) is 4.39 Å². The van der Waals surface area contributed by atoms with Crippen molar-refractivity contribution in [3.05, 3.63) is 29.6 Å². The van der Waals surface area contributed by atoms with Crippen molar-refractivity contribution < 1.29 is 18.7 Å². The number of nitrogens with one attached hydrogen (secondary N) is 1. The standard InChI is InChI=1S/C15H22FNO3/c1-4-20-15(18)6-5-9-17-11(2)12-7-8-13(16)14(10-12)19-3/h7-8,10-11,17H,4-6,9H2,1-3H3. The summed E-state index contributed by atoms with van der Waals surface area (Å²) in [5.74, 6) is -0.307. The van der Waals surface area contributed by atoms with E-state index in [-0.39, 0.29) is 23.6 Å². The first kappa shape index (κ1) is 16.4. The van der Waals surface area contributed by atoms with Crippen LogP contribution < -0.4 is 10.1 Å². The van der Waals surface area contributed by atoms with Gasteiger partial charge in [0.1, 0.15) is 0 Å². The van der Waals surface area contributed by atoms with Crippen LogP contribution in [0.3, 0.4) is 0 Å². The van der Waals surface area contributed by atoms with Crippen LogP contribution in [0.1, 0.15) is 38.3 Å². The van der Waals surface area contributed by atoms with Gasteiger partial charge in [0.15, 0.2) is 11.6 Å². The highest BCUT2D eigenvalue weighted by Gasteiger charge is 2.09. The van der Waals surface area contributed by atoms with Gasteiger partial charge in [-0.15, -0.1) is 0 Å². The Hall–Kier alpha value is -1.62. The Labute approximate surface area is 119 Å². The van der Waals surface area contributed by atoms with Crippen LogP contribution in [-0.4, -0.2) is 26.2 Å². The number of hydrogen-bond donors (Lipinski definition) is 1. The van der Waals surface area contributed by atoms with Crippen molar-refractivity contribution in [3.63, 3.8) is 0 Å². The quantitative estimate of drug-likeness (QED) is 0.588. The van der Waals surface area contributed by atoms with Crippen LogP contribution in [0.5, 0.6) is 5.75 Å². The summed E-state index contributed by atoms with van der Waals surface area (Å²) in [7, 11) is 1.44. The predicted octanol–water partition coefficient (Wildman–Crippen LogP) is 2.83. The van der Waals surface area contributed by atoms with E-state index in [0.717, 1.165) is 5.56 Å². The number of benzene rings is 1. The molecule has 1 aromatic carbocycles. The summed E-state index contributed by atoms with van der Waals surface area (Å²) >= 11 is 0. The molecule has 4 nitrogen and oxygen atoms in total. The molecule has 0 radical (unpaired) electrons. The Balaban J connectivity index is 2.39. The molecule has 0 bridgehead atoms. The molecule has 112 valence electrons. The zero-order valence-electron chi connectivity index (χ0n) is 12.2. The van der Waals surface area contributed by atoms with Gasteiger partial charge in [0.25, 0.3) is 0 Å². The zero-order valence-corrected chi connectivity index (χ0v) is 12.2. The topological polar surface area (TPSA) is 47.6 Å². The van der Waals surface area contributed by atoms with Gasteiger partial charge in [-0.3, -0.25) is 4.79 Å². The average Bonchev–Trinajstić information content (AvgIpc) is 2.44. The number of carbonyl (C=O) groups is 1. The third-order valence-electron chi connectivity index (χ3n) is 2.99. The molecule has 0 spiro atoms. The van der Waals surface area contributed by atoms with E-state index < -0.39 is 0 Å². The van der Waals surface area contributed by atoms with E-state index in [1.54, 1.807) is 19.1 Å². The number of rotatable bonds is 8. The van der Waals surface area contributed by atoms with E-state index in [0.29, 0.717) is 26.0 Å². The minimum absolute atomic E-state index is 0.0618. The molecule has 20 heavy (non-hydrogen) atoms. The maximum absolute atomic E-state index is 13.3. The van der Waals surface area contributed by atoms with Gasteiger partial charge in [0.05, 0.1) is 13.7 Å². The second-order valence-corrected chi connectivity index (χ2v) is 4.48. The van der Waals surface area contributed by atoms with E-state index in [9.17, 15) is 9.18 Å². The van der Waals surface area contributed by atoms with Gasteiger partial charge in [-0.1, -0.05) is 6.07 Å². The third-order valence-corrected chi connectivity index (χ3v) is 2.99. The Morgan fingerprint density at radius 1 is 1.45 bits per heavy atom. The molecule has 0 aliphatic rings. The van der Waals surface area contributed by atoms with Gasteiger partial charge < -0.3 is 14.8 Å². The van der Waals surface area contributed by atoms with Gasteiger partial charge in [-0.05, 0) is 44.5 Å². The highest BCUT2D eigenvalue weighted by Crippen LogP contribution is 2.22. The molecule has 1 N–H and O–H groups in total. The number of carbonyl (C=O) groups excluding carboxylic acids is 1. The molecule has 0 heterocycles. The highest BCUT2D eigenvalue weighted by molar-refractivity contribution is 5.69. The SMILES string of the molecule is CCOC(=O)CCCNC(C)c1ccc(F)c(OC)c1. The van der Waals surface area contributed by atoms with E-state index in [1.807, 2.05) is 6.92 Å². The number of ether oxygens (including phenoxy) is 2. The van der Waals surface area contributed by atoms with Crippen LogP contribution in [0.2, 0.25) is 0 Å². The summed E-state index contributed by atoms with van der Waals surface area (Å²) < 4.78 is 23.1. The lowest BCUT2D eigenvalue weighted by Crippen LogP contribution is -2.21. The van der Waals surface area contributed by atoms with Crippen molar-refractivity contribution in [2.24, 2.45) is 0 Å². The molecule has 1 rings (SSSR count). The molecule has 0 amide bonds. The van der Waals surface area contributed by atoms with E-state index in [2.05, 4.69) is 5.32 Å². The number of halogens is 1. The zero-order chi connectivity index (χ0) is 15.0. The van der Waals surface area contributed by atoms with E-state index in [4.69, 9.17) is 9.47 Å². The fourth-order valence-electron chi connectivity index (χ4n) is 1.85. The number of methoxy groups -OCH3 is 1. The minimum Gasteiger partial charge on any atom is -0.494 e. The second kappa shape index (κ2) is 8.53. The van der Waals surface area contributed by atoms with Gasteiger partial charge in [0.2, 0.25) is 0 Å². The molecule has 0 aliphatic heterocycles. The lowest BCUT2D eigenvalue weighted by Gasteiger charge is -2.15. The lowest BCUT2D eigenvalue weighted by molar-refractivity contribution is -0.143. The molecule has 0 fully saturated rings. The molecule has 1 aromatic rings. The smallest absolute Gasteiger partial charge is 0.305 e. The highest BCUT2D eigenvalue weighted by atomic mass is 19.1. The van der Waals surface area contributed by atoms with Crippen LogP contribution in [0.15, 0.2) is 18.2 Å². The summed E-state index contributed by atoms with van der Waals surface area (Å²) in [4.78, 5) is 11.2. The van der Waals surface area contributed by atoms with E-state index >= 15 is 0 Å². The normalized spacial score (nSPS) is 12.0. The molecular formula is C15H22FNO3. The van der Waals surface area contributed by atoms with Crippen LogP contribution >= 0.6 is 0 Å². The average molecular weight is 283 g/mol. The van der Waals surface area contributed by atoms with Gasteiger partial charge in [-0.2, -0.15) is 0 Å². The number of esters is 1. The van der Waals surface area contributed by atoms with Crippen molar-refractivity contribution >= 4 is 5.97 Å². The summed E-state index contributed by atoms with van der Waals surface area (Å²) in [6.45, 7) is 4.88. The third kappa shape index (κ3) is 5.17. The van der Waals surface area contributed by atoms with Crippen LogP contribution in [0.4, 0.5) is 4.39 Å². The molecule has 0 aliphatic carbocycles. The fourth-order valence-corrected chi connectivity index (χ4v) is 1.85. The van der Waals surface area contributed by atoms with Crippen molar-refractivity contribution in [1.82, 2.24) is 5.32 Å². The summed E-state index contributed by atoms with van der Waals surface area (Å²) in [6, 6.07) is 4.86. The predicted molar refractivity (Wildman–Crippen MR) is 75.2 cm³/mol. The van der Waals surface area contributed by atoms with Crippen molar-refractivity contribution in [3.8, 4) is 5.75 Å². The summed E-state index contributed by atoms with van der Waals surface area (Å²) in [5, 5.41) is 3.28. The fraction of sp³-hybridized carbons (Fsp3) is 0.533. The molecule has 0 saturated heterocycles. The van der Waals surface area contributed by atoms with Crippen LogP contribution in [-0.2, 0) is 9.53 Å². The van der Waals surface area contributed by atoms with Crippen LogP contribution in [0.25, 0.3) is 0 Å². The molecule has 0 saturated carbocycles. The maximum atomic E-state index is 13.3. The summed E-state index contributed by atoms with van der Waals surface area (Å²) in [5.41, 5.74) is 0.944. The lowest BCUT2D eigenvalue weighted by atomic mass is 10.1. The molecule has 1 atom stereocenters. The second-order valence-electron chi connectivity index (χ2n) is 4.48. The Morgan fingerprint density at radius 2 is 2.20 bits per heavy atom. The van der Waals surface area contributed by atoms with Gasteiger partial charge >= 0.3 is 5.97 Å². The molecular weight excluding hydrogens is 261 g/mol. The largest absolute Gasteiger partial charge is 0.494 e. The van der Waals surface area contributed by atoms with Crippen molar-refractivity contribution in [2.75, 3.05) is 20.3 Å². The molecule has 5 heteroatoms. The van der Waals surface area contributed by atoms with Gasteiger partial charge in [0, 0.05) is 12.5 Å². The summed E-state index contributed by atoms with van der Waals surface area (Å²) in [6.07, 6.45) is 1.11. The first-order valence-corrected chi connectivity index (χ1v) is 6.81. The van der Waals surface area contributed by atoms with Crippen molar-refractivity contribution in [1.29, 1.82) is 0 Å². The van der Waals surface area contributed by atoms with E-state index in [1.165, 1.54) is 13.2 Å². The monoisotopic (exact) mass is 283 g/mol. The first-order valence-electron chi connectivity index (χ1n) is 6.81. The molecule has 0 aromatic heterocycles. The minimum atomic E-state index is -0.370. The first-order chi connectivity index (χ1) is 9.58. The van der Waals surface area contributed by atoms with Crippen LogP contribution in [0, 0.1) is 5.82 Å². The number of hydrogen-bond acceptors (Lipinski definition) is 4.